The standard InChI is InChI=1S/C15H13F4N3OS/c1-14(6-10(15(17,18)19)22-13(20)23-14)11-5-8(7-24-11)9-3-2-4-21-12(9)16/h2-5,7,10H,6H2,1H3,(H2,20,22)/t10-,14-/m0/s1. The topological polar surface area (TPSA) is 60.5 Å². The lowest BCUT2D eigenvalue weighted by Crippen LogP contribution is -2.45. The third kappa shape index (κ3) is 3.08. The average molecular weight is 359 g/mol. The molecule has 4 nitrogen and oxygen atoms in total. The molecule has 0 bridgehead atoms. The maximum atomic E-state index is 13.8. The quantitative estimate of drug-likeness (QED) is 0.655. The predicted octanol–water partition coefficient (Wildman–Crippen LogP) is 3.83. The van der Waals surface area contributed by atoms with Gasteiger partial charge in [0.1, 0.15) is 5.60 Å². The molecule has 24 heavy (non-hydrogen) atoms. The number of thiophene rings is 1. The minimum absolute atomic E-state index is 0.272. The van der Waals surface area contributed by atoms with Crippen LogP contribution in [-0.2, 0) is 10.3 Å². The summed E-state index contributed by atoms with van der Waals surface area (Å²) in [6.45, 7) is 1.52. The molecule has 3 heterocycles. The van der Waals surface area contributed by atoms with Crippen molar-refractivity contribution >= 4 is 17.4 Å². The molecule has 0 unspecified atom stereocenters. The highest BCUT2D eigenvalue weighted by atomic mass is 32.1. The number of alkyl halides is 3. The molecule has 2 aromatic heterocycles. The Bertz CT molecular complexity index is 789. The van der Waals surface area contributed by atoms with Crippen molar-refractivity contribution < 1.29 is 22.3 Å². The van der Waals surface area contributed by atoms with Crippen LogP contribution in [0.15, 0.2) is 34.8 Å². The van der Waals surface area contributed by atoms with Crippen molar-refractivity contribution in [1.82, 2.24) is 4.98 Å². The second-order valence-electron chi connectivity index (χ2n) is 5.60. The Balaban J connectivity index is 1.95. The number of aromatic nitrogens is 1. The molecule has 2 aromatic rings. The van der Waals surface area contributed by atoms with Crippen molar-refractivity contribution in [1.29, 1.82) is 0 Å². The monoisotopic (exact) mass is 359 g/mol. The van der Waals surface area contributed by atoms with E-state index in [0.29, 0.717) is 10.4 Å². The van der Waals surface area contributed by atoms with Gasteiger partial charge >= 0.3 is 6.18 Å². The van der Waals surface area contributed by atoms with Gasteiger partial charge in [-0.25, -0.2) is 9.98 Å². The van der Waals surface area contributed by atoms with Crippen molar-refractivity contribution in [3.63, 3.8) is 0 Å². The van der Waals surface area contributed by atoms with Crippen LogP contribution < -0.4 is 5.73 Å². The van der Waals surface area contributed by atoms with Crippen molar-refractivity contribution in [2.75, 3.05) is 0 Å². The zero-order valence-corrected chi connectivity index (χ0v) is 13.3. The number of nitrogens with two attached hydrogens (primary N) is 1. The summed E-state index contributed by atoms with van der Waals surface area (Å²) in [6, 6.07) is 2.29. The third-order valence-electron chi connectivity index (χ3n) is 3.76. The zero-order valence-electron chi connectivity index (χ0n) is 12.5. The Morgan fingerprint density at radius 3 is 2.83 bits per heavy atom. The highest BCUT2D eigenvalue weighted by Gasteiger charge is 2.49. The van der Waals surface area contributed by atoms with Gasteiger partial charge in [0, 0.05) is 23.1 Å². The molecule has 0 fully saturated rings. The number of hydrogen-bond acceptors (Lipinski definition) is 5. The smallest absolute Gasteiger partial charge is 0.411 e. The van der Waals surface area contributed by atoms with E-state index in [-0.39, 0.29) is 5.56 Å². The molecule has 0 radical (unpaired) electrons. The highest BCUT2D eigenvalue weighted by molar-refractivity contribution is 7.10. The average Bonchev–Trinajstić information content (AvgIpc) is 2.96. The summed E-state index contributed by atoms with van der Waals surface area (Å²) in [5, 5.41) is 1.65. The Morgan fingerprint density at radius 1 is 1.42 bits per heavy atom. The summed E-state index contributed by atoms with van der Waals surface area (Å²) in [6.07, 6.45) is -3.58. The van der Waals surface area contributed by atoms with Gasteiger partial charge in [0.25, 0.3) is 6.02 Å². The number of halogens is 4. The van der Waals surface area contributed by atoms with Crippen LogP contribution in [0.5, 0.6) is 0 Å². The Kier molecular flexibility index (Phi) is 3.98. The molecule has 3 rings (SSSR count). The van der Waals surface area contributed by atoms with Crippen molar-refractivity contribution in [2.24, 2.45) is 10.7 Å². The molecule has 0 saturated carbocycles. The van der Waals surface area contributed by atoms with Gasteiger partial charge < -0.3 is 10.5 Å². The van der Waals surface area contributed by atoms with Crippen molar-refractivity contribution in [3.8, 4) is 11.1 Å². The predicted molar refractivity (Wildman–Crippen MR) is 82.0 cm³/mol. The summed E-state index contributed by atoms with van der Waals surface area (Å²) in [7, 11) is 0. The molecule has 0 amide bonds. The first kappa shape index (κ1) is 16.7. The lowest BCUT2D eigenvalue weighted by molar-refractivity contribution is -0.163. The number of pyridine rings is 1. The zero-order chi connectivity index (χ0) is 17.5. The van der Waals surface area contributed by atoms with E-state index in [1.54, 1.807) is 23.6 Å². The molecule has 0 aliphatic carbocycles. The lowest BCUT2D eigenvalue weighted by atomic mass is 9.93. The summed E-state index contributed by atoms with van der Waals surface area (Å²) >= 11 is 1.18. The fraction of sp³-hybridized carbons (Fsp3) is 0.333. The first-order chi connectivity index (χ1) is 11.2. The molecule has 1 aliphatic heterocycles. The van der Waals surface area contributed by atoms with Gasteiger partial charge in [-0.2, -0.15) is 17.6 Å². The number of rotatable bonds is 2. The van der Waals surface area contributed by atoms with Crippen molar-refractivity contribution in [2.45, 2.75) is 31.2 Å². The minimum atomic E-state index is -4.51. The molecule has 9 heteroatoms. The summed E-state index contributed by atoms with van der Waals surface area (Å²) in [4.78, 5) is 7.41. The second-order valence-corrected chi connectivity index (χ2v) is 6.51. The molecule has 0 spiro atoms. The number of hydrogen-bond donors (Lipinski definition) is 1. The van der Waals surface area contributed by atoms with Gasteiger partial charge in [0.15, 0.2) is 6.04 Å². The fourth-order valence-electron chi connectivity index (χ4n) is 2.56. The molecular formula is C15H13F4N3OS. The van der Waals surface area contributed by atoms with Gasteiger partial charge in [0.2, 0.25) is 5.95 Å². The normalized spacial score (nSPS) is 24.4. The van der Waals surface area contributed by atoms with Crippen LogP contribution >= 0.6 is 11.3 Å². The second kappa shape index (κ2) is 5.73. The largest absolute Gasteiger partial charge is 0.453 e. The van der Waals surface area contributed by atoms with Gasteiger partial charge in [-0.15, -0.1) is 11.3 Å². The number of aliphatic imine (C=N–C) groups is 1. The minimum Gasteiger partial charge on any atom is -0.453 e. The van der Waals surface area contributed by atoms with E-state index in [9.17, 15) is 17.6 Å². The molecule has 0 saturated heterocycles. The van der Waals surface area contributed by atoms with Crippen molar-refractivity contribution in [3.05, 3.63) is 40.6 Å². The SMILES string of the molecule is C[C@@]1(c2cc(-c3cccnc3F)cs2)C[C@@H](C(F)(F)F)N=C(N)O1. The molecule has 128 valence electrons. The molecule has 0 aromatic carbocycles. The van der Waals surface area contributed by atoms with E-state index in [1.807, 2.05) is 0 Å². The van der Waals surface area contributed by atoms with Gasteiger partial charge in [0.05, 0.1) is 0 Å². The number of nitrogens with zero attached hydrogens (tertiary/aromatic N) is 2. The van der Waals surface area contributed by atoms with E-state index >= 15 is 0 Å². The Labute approximate surface area is 139 Å². The summed E-state index contributed by atoms with van der Waals surface area (Å²) in [5.41, 5.74) is 4.95. The van der Waals surface area contributed by atoms with E-state index in [2.05, 4.69) is 9.98 Å². The highest BCUT2D eigenvalue weighted by Crippen LogP contribution is 2.43. The van der Waals surface area contributed by atoms with E-state index in [0.717, 1.165) is 0 Å². The summed E-state index contributed by atoms with van der Waals surface area (Å²) < 4.78 is 58.2. The van der Waals surface area contributed by atoms with Crippen LogP contribution in [0.25, 0.3) is 11.1 Å². The molecule has 2 atom stereocenters. The van der Waals surface area contributed by atoms with Gasteiger partial charge in [-0.1, -0.05) is 0 Å². The molecule has 2 N–H and O–H groups in total. The van der Waals surface area contributed by atoms with Crippen LogP contribution in [0.4, 0.5) is 17.6 Å². The van der Waals surface area contributed by atoms with Crippen LogP contribution in [-0.4, -0.2) is 23.2 Å². The van der Waals surface area contributed by atoms with Crippen LogP contribution in [0, 0.1) is 5.95 Å². The Hall–Kier alpha value is -2.16. The molecule has 1 aliphatic rings. The van der Waals surface area contributed by atoms with E-state index in [1.165, 1.54) is 24.5 Å². The van der Waals surface area contributed by atoms with Gasteiger partial charge in [-0.05, 0) is 36.1 Å². The fourth-order valence-corrected chi connectivity index (χ4v) is 3.58. The van der Waals surface area contributed by atoms with Crippen LogP contribution in [0.2, 0.25) is 0 Å². The number of amidine groups is 1. The summed E-state index contributed by atoms with van der Waals surface area (Å²) in [5.74, 6) is -0.647. The lowest BCUT2D eigenvalue weighted by Gasteiger charge is -2.36. The third-order valence-corrected chi connectivity index (χ3v) is 4.94. The number of ether oxygens (including phenoxy) is 1. The van der Waals surface area contributed by atoms with E-state index < -0.39 is 36.2 Å². The van der Waals surface area contributed by atoms with E-state index in [4.69, 9.17) is 10.5 Å². The van der Waals surface area contributed by atoms with Gasteiger partial charge in [-0.3, -0.25) is 0 Å². The Morgan fingerprint density at radius 2 is 2.17 bits per heavy atom. The first-order valence-electron chi connectivity index (χ1n) is 6.98. The van der Waals surface area contributed by atoms with Crippen LogP contribution in [0.1, 0.15) is 18.2 Å². The molecular weight excluding hydrogens is 346 g/mol. The maximum Gasteiger partial charge on any atom is 0.411 e. The van der Waals surface area contributed by atoms with Crippen LogP contribution in [0.3, 0.4) is 0 Å². The first-order valence-corrected chi connectivity index (χ1v) is 7.86. The maximum absolute atomic E-state index is 13.8.